The summed E-state index contributed by atoms with van der Waals surface area (Å²) in [6.07, 6.45) is 0.931. The second kappa shape index (κ2) is 6.28. The summed E-state index contributed by atoms with van der Waals surface area (Å²) in [5.41, 5.74) is 7.65. The number of rotatable bonds is 5. The quantitative estimate of drug-likeness (QED) is 0.851. The van der Waals surface area contributed by atoms with E-state index in [1.54, 1.807) is 6.07 Å². The average molecular weight is 275 g/mol. The topological polar surface area (TPSA) is 43.1 Å². The molecule has 2 nitrogen and oxygen atoms in total. The van der Waals surface area contributed by atoms with Crippen LogP contribution in [-0.2, 0) is 17.6 Å². The molecule has 0 atom stereocenters. The van der Waals surface area contributed by atoms with Gasteiger partial charge in [0, 0.05) is 24.6 Å². The van der Waals surface area contributed by atoms with Gasteiger partial charge in [-0.2, -0.15) is 0 Å². The van der Waals surface area contributed by atoms with Crippen molar-refractivity contribution in [3.05, 3.63) is 65.2 Å². The zero-order valence-corrected chi connectivity index (χ0v) is 10.9. The lowest BCUT2D eigenvalue weighted by atomic mass is 10.0. The van der Waals surface area contributed by atoms with Crippen molar-refractivity contribution < 1.29 is 13.6 Å². The van der Waals surface area contributed by atoms with Crippen LogP contribution < -0.4 is 5.73 Å². The average Bonchev–Trinajstić information content (AvgIpc) is 2.35. The van der Waals surface area contributed by atoms with Gasteiger partial charge in [0.15, 0.2) is 0 Å². The Hall–Kier alpha value is -2.23. The number of ketones is 1. The molecule has 20 heavy (non-hydrogen) atoms. The van der Waals surface area contributed by atoms with Crippen LogP contribution in [0.25, 0.3) is 0 Å². The molecule has 0 bridgehead atoms. The van der Waals surface area contributed by atoms with Gasteiger partial charge in [-0.05, 0) is 41.8 Å². The highest BCUT2D eigenvalue weighted by Gasteiger charge is 2.07. The van der Waals surface area contributed by atoms with Gasteiger partial charge in [0.2, 0.25) is 0 Å². The Morgan fingerprint density at radius 3 is 2.35 bits per heavy atom. The number of aryl methyl sites for hydroxylation is 1. The molecule has 0 aromatic heterocycles. The Bertz CT molecular complexity index is 605. The molecule has 0 aliphatic carbocycles. The number of hydrogen-bond acceptors (Lipinski definition) is 2. The van der Waals surface area contributed by atoms with Gasteiger partial charge in [-0.25, -0.2) is 8.78 Å². The van der Waals surface area contributed by atoms with Crippen molar-refractivity contribution in [3.63, 3.8) is 0 Å². The maximum Gasteiger partial charge on any atom is 0.137 e. The maximum absolute atomic E-state index is 13.0. The van der Waals surface area contributed by atoms with Crippen LogP contribution in [0.5, 0.6) is 0 Å². The van der Waals surface area contributed by atoms with Crippen molar-refractivity contribution in [1.82, 2.24) is 0 Å². The molecule has 2 aromatic carbocycles. The fourth-order valence-corrected chi connectivity index (χ4v) is 2.06. The van der Waals surface area contributed by atoms with Crippen molar-refractivity contribution in [2.45, 2.75) is 19.3 Å². The molecule has 0 amide bonds. The smallest absolute Gasteiger partial charge is 0.137 e. The Balaban J connectivity index is 1.92. The van der Waals surface area contributed by atoms with Crippen molar-refractivity contribution in [3.8, 4) is 0 Å². The van der Waals surface area contributed by atoms with Crippen LogP contribution in [0.2, 0.25) is 0 Å². The molecule has 0 saturated heterocycles. The number of nitrogens with two attached hydrogens (primary N) is 1. The van der Waals surface area contributed by atoms with Gasteiger partial charge in [0.25, 0.3) is 0 Å². The molecule has 2 aromatic rings. The van der Waals surface area contributed by atoms with Gasteiger partial charge >= 0.3 is 0 Å². The summed E-state index contributed by atoms with van der Waals surface area (Å²) >= 11 is 0. The first-order valence-corrected chi connectivity index (χ1v) is 6.34. The molecule has 0 saturated carbocycles. The predicted molar refractivity (Wildman–Crippen MR) is 74.2 cm³/mol. The normalized spacial score (nSPS) is 10.5. The van der Waals surface area contributed by atoms with E-state index in [4.69, 9.17) is 5.73 Å². The largest absolute Gasteiger partial charge is 0.399 e. The SMILES string of the molecule is Nc1cccc(CCC(=O)Cc2cc(F)cc(F)c2)c1. The Labute approximate surface area is 116 Å². The van der Waals surface area contributed by atoms with Gasteiger partial charge in [-0.1, -0.05) is 12.1 Å². The van der Waals surface area contributed by atoms with Crippen LogP contribution in [0.3, 0.4) is 0 Å². The minimum absolute atomic E-state index is 0.0387. The van der Waals surface area contributed by atoms with Gasteiger partial charge in [0.05, 0.1) is 0 Å². The lowest BCUT2D eigenvalue weighted by molar-refractivity contribution is -0.118. The number of nitrogen functional groups attached to an aromatic ring is 1. The second-order valence-corrected chi connectivity index (χ2v) is 4.74. The van der Waals surface area contributed by atoms with Gasteiger partial charge in [-0.15, -0.1) is 0 Å². The lowest BCUT2D eigenvalue weighted by Gasteiger charge is -2.04. The third-order valence-corrected chi connectivity index (χ3v) is 2.97. The number of hydrogen-bond donors (Lipinski definition) is 1. The van der Waals surface area contributed by atoms with E-state index in [0.717, 1.165) is 11.6 Å². The van der Waals surface area contributed by atoms with Crippen LogP contribution in [0, 0.1) is 11.6 Å². The van der Waals surface area contributed by atoms with Gasteiger partial charge < -0.3 is 5.73 Å². The highest BCUT2D eigenvalue weighted by Crippen LogP contribution is 2.12. The molecule has 0 unspecified atom stereocenters. The van der Waals surface area contributed by atoms with E-state index in [1.165, 1.54) is 12.1 Å². The zero-order chi connectivity index (χ0) is 14.5. The molecule has 2 rings (SSSR count). The summed E-state index contributed by atoms with van der Waals surface area (Å²) in [5.74, 6) is -1.38. The van der Waals surface area contributed by atoms with Crippen LogP contribution >= 0.6 is 0 Å². The van der Waals surface area contributed by atoms with E-state index >= 15 is 0 Å². The summed E-state index contributed by atoms with van der Waals surface area (Å²) in [7, 11) is 0. The molecule has 0 aliphatic rings. The zero-order valence-electron chi connectivity index (χ0n) is 10.9. The Kier molecular flexibility index (Phi) is 4.45. The van der Waals surface area contributed by atoms with E-state index < -0.39 is 11.6 Å². The molecule has 104 valence electrons. The highest BCUT2D eigenvalue weighted by atomic mass is 19.1. The van der Waals surface area contributed by atoms with Crippen molar-refractivity contribution in [2.75, 3.05) is 5.73 Å². The fourth-order valence-electron chi connectivity index (χ4n) is 2.06. The van der Waals surface area contributed by atoms with E-state index in [9.17, 15) is 13.6 Å². The summed E-state index contributed by atoms with van der Waals surface area (Å²) in [6, 6.07) is 10.5. The molecule has 0 heterocycles. The van der Waals surface area contributed by atoms with Gasteiger partial charge in [0.1, 0.15) is 17.4 Å². The molecule has 4 heteroatoms. The minimum atomic E-state index is -0.663. The fraction of sp³-hybridized carbons (Fsp3) is 0.188. The summed E-state index contributed by atoms with van der Waals surface area (Å²) in [5, 5.41) is 0. The number of halogens is 2. The number of benzene rings is 2. The first-order valence-electron chi connectivity index (χ1n) is 6.34. The van der Waals surface area contributed by atoms with Crippen LogP contribution in [0.1, 0.15) is 17.5 Å². The summed E-state index contributed by atoms with van der Waals surface area (Å²) in [6.45, 7) is 0. The molecule has 0 aliphatic heterocycles. The summed E-state index contributed by atoms with van der Waals surface area (Å²) < 4.78 is 26.0. The molecule has 0 spiro atoms. The van der Waals surface area contributed by atoms with Crippen molar-refractivity contribution >= 4 is 11.5 Å². The predicted octanol–water partition coefficient (Wildman–Crippen LogP) is 3.29. The van der Waals surface area contributed by atoms with Crippen molar-refractivity contribution in [2.24, 2.45) is 0 Å². The van der Waals surface area contributed by atoms with Gasteiger partial charge in [-0.3, -0.25) is 4.79 Å². The van der Waals surface area contributed by atoms with Crippen LogP contribution in [0.15, 0.2) is 42.5 Å². The van der Waals surface area contributed by atoms with E-state index in [-0.39, 0.29) is 12.2 Å². The molecule has 2 N–H and O–H groups in total. The highest BCUT2D eigenvalue weighted by molar-refractivity contribution is 5.81. The third-order valence-electron chi connectivity index (χ3n) is 2.97. The Morgan fingerprint density at radius 1 is 1.00 bits per heavy atom. The number of carbonyl (C=O) groups is 1. The molecule has 0 fully saturated rings. The van der Waals surface area contributed by atoms with E-state index in [0.29, 0.717) is 24.1 Å². The van der Waals surface area contributed by atoms with Crippen molar-refractivity contribution in [1.29, 1.82) is 0 Å². The molecular weight excluding hydrogens is 260 g/mol. The molecule has 0 radical (unpaired) electrons. The van der Waals surface area contributed by atoms with E-state index in [1.807, 2.05) is 18.2 Å². The number of carbonyl (C=O) groups excluding carboxylic acids is 1. The Morgan fingerprint density at radius 2 is 1.70 bits per heavy atom. The first kappa shape index (κ1) is 14.2. The number of anilines is 1. The van der Waals surface area contributed by atoms with Crippen LogP contribution in [0.4, 0.5) is 14.5 Å². The third kappa shape index (κ3) is 4.16. The number of Topliss-reactive ketones (excluding diaryl/α,β-unsaturated/α-hetero) is 1. The van der Waals surface area contributed by atoms with Crippen LogP contribution in [-0.4, -0.2) is 5.78 Å². The minimum Gasteiger partial charge on any atom is -0.399 e. The monoisotopic (exact) mass is 275 g/mol. The standard InChI is InChI=1S/C16H15F2NO/c17-13-6-12(7-14(18)10-13)9-16(20)5-4-11-2-1-3-15(19)8-11/h1-3,6-8,10H,4-5,9,19H2. The molecular formula is C16H15F2NO. The maximum atomic E-state index is 13.0. The van der Waals surface area contributed by atoms with E-state index in [2.05, 4.69) is 0 Å². The summed E-state index contributed by atoms with van der Waals surface area (Å²) in [4.78, 5) is 11.8. The lowest BCUT2D eigenvalue weighted by Crippen LogP contribution is -2.05. The second-order valence-electron chi connectivity index (χ2n) is 4.74. The first-order chi connectivity index (χ1) is 9.52.